The van der Waals surface area contributed by atoms with Crippen molar-refractivity contribution in [2.45, 2.75) is 20.3 Å². The van der Waals surface area contributed by atoms with Crippen molar-refractivity contribution in [3.05, 3.63) is 51.7 Å². The SMILES string of the molecule is CC.O=C(Cc1nc(C(=O)O)cs1)c1ccc(F)cc1. The second-order valence-electron chi connectivity index (χ2n) is 3.54. The Morgan fingerprint density at radius 3 is 2.35 bits per heavy atom. The van der Waals surface area contributed by atoms with E-state index in [0.717, 1.165) is 11.3 Å². The van der Waals surface area contributed by atoms with Gasteiger partial charge in [-0.05, 0) is 24.3 Å². The molecule has 1 aromatic heterocycles. The van der Waals surface area contributed by atoms with Crippen LogP contribution in [0.2, 0.25) is 0 Å². The lowest BCUT2D eigenvalue weighted by Gasteiger charge is -1.98. The molecule has 0 radical (unpaired) electrons. The van der Waals surface area contributed by atoms with Crippen LogP contribution in [0.15, 0.2) is 29.6 Å². The molecule has 20 heavy (non-hydrogen) atoms. The number of carboxylic acids is 1. The van der Waals surface area contributed by atoms with Gasteiger partial charge in [-0.3, -0.25) is 4.79 Å². The Balaban J connectivity index is 0.000000956. The van der Waals surface area contributed by atoms with Crippen LogP contribution in [0, 0.1) is 5.82 Å². The van der Waals surface area contributed by atoms with E-state index in [1.54, 1.807) is 0 Å². The van der Waals surface area contributed by atoms with Gasteiger partial charge in [-0.2, -0.15) is 0 Å². The molecule has 0 aliphatic heterocycles. The molecule has 2 aromatic rings. The molecule has 0 unspecified atom stereocenters. The summed E-state index contributed by atoms with van der Waals surface area (Å²) >= 11 is 1.12. The molecule has 0 bridgehead atoms. The molecular formula is C14H14FNO3S. The van der Waals surface area contributed by atoms with Crippen molar-refractivity contribution in [2.24, 2.45) is 0 Å². The van der Waals surface area contributed by atoms with Crippen LogP contribution in [0.25, 0.3) is 0 Å². The number of carbonyl (C=O) groups excluding carboxylic acids is 1. The van der Waals surface area contributed by atoms with Crippen LogP contribution in [0.4, 0.5) is 4.39 Å². The number of rotatable bonds is 4. The topological polar surface area (TPSA) is 67.3 Å². The number of nitrogens with zero attached hydrogens (tertiary/aromatic N) is 1. The summed E-state index contributed by atoms with van der Waals surface area (Å²) in [5, 5.41) is 10.5. The van der Waals surface area contributed by atoms with Gasteiger partial charge in [0.25, 0.3) is 0 Å². The molecule has 0 saturated carbocycles. The number of benzene rings is 1. The van der Waals surface area contributed by atoms with Gasteiger partial charge in [0, 0.05) is 10.9 Å². The highest BCUT2D eigenvalue weighted by Gasteiger charge is 2.13. The van der Waals surface area contributed by atoms with Gasteiger partial charge in [0.15, 0.2) is 11.5 Å². The average molecular weight is 295 g/mol. The molecule has 0 fully saturated rings. The van der Waals surface area contributed by atoms with Crippen LogP contribution in [0.5, 0.6) is 0 Å². The van der Waals surface area contributed by atoms with Gasteiger partial charge in [0.1, 0.15) is 10.8 Å². The van der Waals surface area contributed by atoms with E-state index in [1.165, 1.54) is 29.6 Å². The summed E-state index contributed by atoms with van der Waals surface area (Å²) in [6.07, 6.45) is 0.0174. The highest BCUT2D eigenvalue weighted by molar-refractivity contribution is 7.09. The Bertz CT molecular complexity index is 593. The minimum absolute atomic E-state index is 0.0174. The van der Waals surface area contributed by atoms with E-state index in [-0.39, 0.29) is 17.9 Å². The van der Waals surface area contributed by atoms with E-state index in [1.807, 2.05) is 13.8 Å². The molecular weight excluding hydrogens is 281 g/mol. The monoisotopic (exact) mass is 295 g/mol. The fourth-order valence-electron chi connectivity index (χ4n) is 1.37. The number of aromatic nitrogens is 1. The van der Waals surface area contributed by atoms with Crippen LogP contribution in [0.1, 0.15) is 39.7 Å². The Morgan fingerprint density at radius 1 is 1.25 bits per heavy atom. The molecule has 4 nitrogen and oxygen atoms in total. The molecule has 0 aliphatic carbocycles. The van der Waals surface area contributed by atoms with Crippen LogP contribution >= 0.6 is 11.3 Å². The zero-order valence-corrected chi connectivity index (χ0v) is 11.9. The normalized spacial score (nSPS) is 9.55. The molecule has 0 aliphatic rings. The highest BCUT2D eigenvalue weighted by atomic mass is 32.1. The second-order valence-corrected chi connectivity index (χ2v) is 4.48. The van der Waals surface area contributed by atoms with E-state index in [9.17, 15) is 14.0 Å². The second kappa shape index (κ2) is 7.49. The first-order valence-corrected chi connectivity index (χ1v) is 6.90. The average Bonchev–Trinajstić information content (AvgIpc) is 2.90. The first-order chi connectivity index (χ1) is 9.56. The zero-order valence-electron chi connectivity index (χ0n) is 11.1. The molecule has 1 aromatic carbocycles. The van der Waals surface area contributed by atoms with Gasteiger partial charge in [-0.15, -0.1) is 11.3 Å². The number of thiazole rings is 1. The molecule has 0 atom stereocenters. The lowest BCUT2D eigenvalue weighted by molar-refractivity contribution is 0.0690. The van der Waals surface area contributed by atoms with Crippen molar-refractivity contribution >= 4 is 23.1 Å². The van der Waals surface area contributed by atoms with E-state index < -0.39 is 11.8 Å². The fraction of sp³-hybridized carbons (Fsp3) is 0.214. The molecule has 0 saturated heterocycles. The minimum Gasteiger partial charge on any atom is -0.476 e. The van der Waals surface area contributed by atoms with Crippen LogP contribution in [-0.4, -0.2) is 21.8 Å². The summed E-state index contributed by atoms with van der Waals surface area (Å²) in [4.78, 5) is 26.2. The summed E-state index contributed by atoms with van der Waals surface area (Å²) in [5.41, 5.74) is 0.311. The number of ketones is 1. The molecule has 2 rings (SSSR count). The predicted octanol–water partition coefficient (Wildman–Crippen LogP) is 3.43. The summed E-state index contributed by atoms with van der Waals surface area (Å²) in [7, 11) is 0. The van der Waals surface area contributed by atoms with E-state index >= 15 is 0 Å². The van der Waals surface area contributed by atoms with E-state index in [4.69, 9.17) is 5.11 Å². The lowest BCUT2D eigenvalue weighted by atomic mass is 10.1. The maximum Gasteiger partial charge on any atom is 0.355 e. The van der Waals surface area contributed by atoms with Gasteiger partial charge in [0.05, 0.1) is 6.42 Å². The van der Waals surface area contributed by atoms with Crippen LogP contribution in [0.3, 0.4) is 0 Å². The summed E-state index contributed by atoms with van der Waals surface area (Å²) in [6.45, 7) is 4.00. The smallest absolute Gasteiger partial charge is 0.355 e. The van der Waals surface area contributed by atoms with Crippen molar-refractivity contribution in [3.8, 4) is 0 Å². The third kappa shape index (κ3) is 4.24. The Labute approximate surface area is 119 Å². The van der Waals surface area contributed by atoms with E-state index in [2.05, 4.69) is 4.98 Å². The number of carbonyl (C=O) groups is 2. The molecule has 1 N–H and O–H groups in total. The quantitative estimate of drug-likeness (QED) is 0.877. The number of aromatic carboxylic acids is 1. The van der Waals surface area contributed by atoms with Crippen molar-refractivity contribution in [1.82, 2.24) is 4.98 Å². The van der Waals surface area contributed by atoms with Crippen LogP contribution in [-0.2, 0) is 6.42 Å². The van der Waals surface area contributed by atoms with Gasteiger partial charge < -0.3 is 5.11 Å². The summed E-state index contributed by atoms with van der Waals surface area (Å²) in [6, 6.07) is 5.20. The Hall–Kier alpha value is -2.08. The largest absolute Gasteiger partial charge is 0.476 e. The van der Waals surface area contributed by atoms with Crippen molar-refractivity contribution < 1.29 is 19.1 Å². The zero-order chi connectivity index (χ0) is 15.1. The number of carboxylic acid groups (broad SMARTS) is 1. The molecule has 0 amide bonds. The number of hydrogen-bond acceptors (Lipinski definition) is 4. The number of halogens is 1. The number of Topliss-reactive ketones (excluding diaryl/α,β-unsaturated/α-hetero) is 1. The predicted molar refractivity (Wildman–Crippen MR) is 74.9 cm³/mol. The minimum atomic E-state index is -1.12. The van der Waals surface area contributed by atoms with Gasteiger partial charge in [-0.1, -0.05) is 13.8 Å². The van der Waals surface area contributed by atoms with Gasteiger partial charge >= 0.3 is 5.97 Å². The fourth-order valence-corrected chi connectivity index (χ4v) is 2.13. The maximum atomic E-state index is 12.7. The van der Waals surface area contributed by atoms with Crippen molar-refractivity contribution in [3.63, 3.8) is 0 Å². The third-order valence-corrected chi connectivity index (χ3v) is 3.10. The molecule has 106 valence electrons. The highest BCUT2D eigenvalue weighted by Crippen LogP contribution is 2.13. The Kier molecular flexibility index (Phi) is 5.99. The molecule has 6 heteroatoms. The maximum absolute atomic E-state index is 12.7. The lowest BCUT2D eigenvalue weighted by Crippen LogP contribution is -2.04. The van der Waals surface area contributed by atoms with Gasteiger partial charge in [-0.25, -0.2) is 14.2 Å². The Morgan fingerprint density at radius 2 is 1.85 bits per heavy atom. The molecule has 1 heterocycles. The number of hydrogen-bond donors (Lipinski definition) is 1. The molecule has 0 spiro atoms. The summed E-state index contributed by atoms with van der Waals surface area (Å²) < 4.78 is 12.7. The van der Waals surface area contributed by atoms with Crippen molar-refractivity contribution in [2.75, 3.05) is 0 Å². The first kappa shape index (κ1) is 16.0. The summed E-state index contributed by atoms with van der Waals surface area (Å²) in [5.74, 6) is -1.75. The van der Waals surface area contributed by atoms with Crippen molar-refractivity contribution in [1.29, 1.82) is 0 Å². The van der Waals surface area contributed by atoms with Gasteiger partial charge in [0.2, 0.25) is 0 Å². The third-order valence-electron chi connectivity index (χ3n) is 2.25. The van der Waals surface area contributed by atoms with E-state index in [0.29, 0.717) is 10.6 Å². The van der Waals surface area contributed by atoms with Crippen LogP contribution < -0.4 is 0 Å². The first-order valence-electron chi connectivity index (χ1n) is 6.03. The standard InChI is InChI=1S/C12H8FNO3S.C2H6/c13-8-3-1-7(2-4-8)10(15)5-11-14-9(6-18-11)12(16)17;1-2/h1-4,6H,5H2,(H,16,17);1-2H3.